The van der Waals surface area contributed by atoms with Crippen LogP contribution in [0.3, 0.4) is 0 Å². The summed E-state index contributed by atoms with van der Waals surface area (Å²) >= 11 is 1.90. The van der Waals surface area contributed by atoms with Gasteiger partial charge in [0.05, 0.1) is 18.5 Å². The maximum Gasteiger partial charge on any atom is 0.0611 e. The Morgan fingerprint density at radius 3 is 2.33 bits per heavy atom. The molecular formula is C12H15NOS. The first-order valence-corrected chi connectivity index (χ1v) is 6.28. The van der Waals surface area contributed by atoms with Gasteiger partial charge in [0.1, 0.15) is 0 Å². The van der Waals surface area contributed by atoms with Crippen molar-refractivity contribution in [2.75, 3.05) is 13.2 Å². The standard InChI is InChI=1S/C12H15NOS/c13-12(5-6-12)9-1-3-10(4-2-9)15-11-7-14-8-11/h1-4,11H,5-8,13H2. The number of ether oxygens (including phenoxy) is 1. The lowest BCUT2D eigenvalue weighted by Crippen LogP contribution is -2.30. The molecule has 2 aliphatic rings. The summed E-state index contributed by atoms with van der Waals surface area (Å²) in [6.07, 6.45) is 2.27. The quantitative estimate of drug-likeness (QED) is 0.849. The molecule has 0 spiro atoms. The van der Waals surface area contributed by atoms with Crippen LogP contribution < -0.4 is 5.73 Å². The number of benzene rings is 1. The lowest BCUT2D eigenvalue weighted by Gasteiger charge is -2.25. The molecule has 3 rings (SSSR count). The topological polar surface area (TPSA) is 35.2 Å². The van der Waals surface area contributed by atoms with Crippen molar-refractivity contribution < 1.29 is 4.74 Å². The zero-order chi connectivity index (χ0) is 10.3. The monoisotopic (exact) mass is 221 g/mol. The highest BCUT2D eigenvalue weighted by Crippen LogP contribution is 2.43. The van der Waals surface area contributed by atoms with E-state index in [-0.39, 0.29) is 5.54 Å². The summed E-state index contributed by atoms with van der Waals surface area (Å²) in [4.78, 5) is 1.33. The van der Waals surface area contributed by atoms with E-state index in [1.165, 1.54) is 10.5 Å². The minimum atomic E-state index is 0.00276. The molecule has 1 aliphatic carbocycles. The Balaban J connectivity index is 1.70. The largest absolute Gasteiger partial charge is 0.379 e. The molecule has 1 saturated carbocycles. The molecular weight excluding hydrogens is 206 g/mol. The van der Waals surface area contributed by atoms with Gasteiger partial charge in [0.15, 0.2) is 0 Å². The fraction of sp³-hybridized carbons (Fsp3) is 0.500. The minimum Gasteiger partial charge on any atom is -0.379 e. The Hall–Kier alpha value is -0.510. The van der Waals surface area contributed by atoms with Crippen molar-refractivity contribution in [2.45, 2.75) is 28.5 Å². The van der Waals surface area contributed by atoms with E-state index in [9.17, 15) is 0 Å². The minimum absolute atomic E-state index is 0.00276. The van der Waals surface area contributed by atoms with Crippen LogP contribution in [0.25, 0.3) is 0 Å². The number of hydrogen-bond donors (Lipinski definition) is 1. The van der Waals surface area contributed by atoms with Crippen LogP contribution in [0.5, 0.6) is 0 Å². The molecule has 0 unspecified atom stereocenters. The van der Waals surface area contributed by atoms with E-state index < -0.39 is 0 Å². The Bertz CT molecular complexity index is 354. The van der Waals surface area contributed by atoms with Crippen LogP contribution in [-0.4, -0.2) is 18.5 Å². The van der Waals surface area contributed by atoms with Gasteiger partial charge in [-0.3, -0.25) is 0 Å². The SMILES string of the molecule is NC1(c2ccc(SC3COC3)cc2)CC1. The van der Waals surface area contributed by atoms with Gasteiger partial charge < -0.3 is 10.5 Å². The molecule has 80 valence electrons. The van der Waals surface area contributed by atoms with Gasteiger partial charge in [-0.15, -0.1) is 11.8 Å². The molecule has 1 aliphatic heterocycles. The molecule has 1 aromatic carbocycles. The molecule has 0 aromatic heterocycles. The van der Waals surface area contributed by atoms with Crippen molar-refractivity contribution in [1.29, 1.82) is 0 Å². The number of hydrogen-bond acceptors (Lipinski definition) is 3. The summed E-state index contributed by atoms with van der Waals surface area (Å²) in [6.45, 7) is 1.79. The van der Waals surface area contributed by atoms with Crippen LogP contribution in [0.4, 0.5) is 0 Å². The van der Waals surface area contributed by atoms with Crippen molar-refractivity contribution in [3.8, 4) is 0 Å². The second kappa shape index (κ2) is 3.51. The first kappa shape index (κ1) is 9.70. The fourth-order valence-corrected chi connectivity index (χ4v) is 2.77. The third kappa shape index (κ3) is 1.92. The van der Waals surface area contributed by atoms with Crippen molar-refractivity contribution in [3.05, 3.63) is 29.8 Å². The van der Waals surface area contributed by atoms with E-state index >= 15 is 0 Å². The number of thioether (sulfide) groups is 1. The average molecular weight is 221 g/mol. The summed E-state index contributed by atoms with van der Waals surface area (Å²) < 4.78 is 5.15. The van der Waals surface area contributed by atoms with E-state index in [4.69, 9.17) is 10.5 Å². The summed E-state index contributed by atoms with van der Waals surface area (Å²) in [5.74, 6) is 0. The number of nitrogens with two attached hydrogens (primary N) is 1. The molecule has 0 radical (unpaired) electrons. The Morgan fingerprint density at radius 1 is 1.20 bits per heavy atom. The van der Waals surface area contributed by atoms with Crippen LogP contribution >= 0.6 is 11.8 Å². The highest BCUT2D eigenvalue weighted by molar-refractivity contribution is 8.00. The van der Waals surface area contributed by atoms with Gasteiger partial charge in [-0.1, -0.05) is 12.1 Å². The van der Waals surface area contributed by atoms with E-state index in [2.05, 4.69) is 24.3 Å². The Kier molecular flexibility index (Phi) is 2.27. The Labute approximate surface area is 94.2 Å². The second-order valence-corrected chi connectivity index (χ2v) is 5.83. The highest BCUT2D eigenvalue weighted by atomic mass is 32.2. The molecule has 1 saturated heterocycles. The molecule has 0 amide bonds. The van der Waals surface area contributed by atoms with Gasteiger partial charge in [0.25, 0.3) is 0 Å². The van der Waals surface area contributed by atoms with Crippen LogP contribution in [0.1, 0.15) is 18.4 Å². The van der Waals surface area contributed by atoms with Crippen LogP contribution in [-0.2, 0) is 10.3 Å². The maximum absolute atomic E-state index is 6.13. The second-order valence-electron chi connectivity index (χ2n) is 4.46. The molecule has 3 heteroatoms. The van der Waals surface area contributed by atoms with Gasteiger partial charge in [0, 0.05) is 10.4 Å². The Morgan fingerprint density at radius 2 is 1.87 bits per heavy atom. The van der Waals surface area contributed by atoms with E-state index in [1.54, 1.807) is 0 Å². The number of rotatable bonds is 3. The smallest absolute Gasteiger partial charge is 0.0611 e. The molecule has 15 heavy (non-hydrogen) atoms. The fourth-order valence-electron chi connectivity index (χ4n) is 1.76. The summed E-state index contributed by atoms with van der Waals surface area (Å²) in [5.41, 5.74) is 7.42. The van der Waals surface area contributed by atoms with Crippen LogP contribution in [0.15, 0.2) is 29.2 Å². The lowest BCUT2D eigenvalue weighted by atomic mass is 10.1. The van der Waals surface area contributed by atoms with Crippen LogP contribution in [0.2, 0.25) is 0 Å². The molecule has 2 nitrogen and oxygen atoms in total. The molecule has 0 bridgehead atoms. The zero-order valence-electron chi connectivity index (χ0n) is 8.61. The maximum atomic E-state index is 6.13. The van der Waals surface area contributed by atoms with E-state index in [0.717, 1.165) is 26.1 Å². The average Bonchev–Trinajstić information content (AvgIpc) is 2.93. The predicted molar refractivity (Wildman–Crippen MR) is 62.0 cm³/mol. The highest BCUT2D eigenvalue weighted by Gasteiger charge is 2.39. The molecule has 1 heterocycles. The van der Waals surface area contributed by atoms with Gasteiger partial charge in [-0.2, -0.15) is 0 Å². The molecule has 2 fully saturated rings. The zero-order valence-corrected chi connectivity index (χ0v) is 9.43. The van der Waals surface area contributed by atoms with Crippen LogP contribution in [0, 0.1) is 0 Å². The third-order valence-corrected chi connectivity index (χ3v) is 4.28. The first-order chi connectivity index (χ1) is 7.26. The molecule has 0 atom stereocenters. The third-order valence-electron chi connectivity index (χ3n) is 3.13. The van der Waals surface area contributed by atoms with Crippen molar-refractivity contribution >= 4 is 11.8 Å². The van der Waals surface area contributed by atoms with Crippen molar-refractivity contribution in [3.63, 3.8) is 0 Å². The molecule has 2 N–H and O–H groups in total. The van der Waals surface area contributed by atoms with Crippen molar-refractivity contribution in [2.24, 2.45) is 5.73 Å². The van der Waals surface area contributed by atoms with E-state index in [1.807, 2.05) is 11.8 Å². The van der Waals surface area contributed by atoms with Crippen molar-refractivity contribution in [1.82, 2.24) is 0 Å². The van der Waals surface area contributed by atoms with Gasteiger partial charge in [-0.25, -0.2) is 0 Å². The van der Waals surface area contributed by atoms with Gasteiger partial charge in [0.2, 0.25) is 0 Å². The van der Waals surface area contributed by atoms with Gasteiger partial charge in [-0.05, 0) is 30.5 Å². The van der Waals surface area contributed by atoms with E-state index in [0.29, 0.717) is 5.25 Å². The summed E-state index contributed by atoms with van der Waals surface area (Å²) in [6, 6.07) is 8.72. The normalized spacial score (nSPS) is 23.5. The first-order valence-electron chi connectivity index (χ1n) is 5.40. The van der Waals surface area contributed by atoms with Gasteiger partial charge >= 0.3 is 0 Å². The summed E-state index contributed by atoms with van der Waals surface area (Å²) in [5, 5.41) is 0.656. The predicted octanol–water partition coefficient (Wildman–Crippen LogP) is 2.13. The lowest BCUT2D eigenvalue weighted by molar-refractivity contribution is 0.0455. The summed E-state index contributed by atoms with van der Waals surface area (Å²) in [7, 11) is 0. The molecule has 1 aromatic rings.